The highest BCUT2D eigenvalue weighted by Crippen LogP contribution is 2.46. The Morgan fingerprint density at radius 2 is 1.85 bits per heavy atom. The van der Waals surface area contributed by atoms with Gasteiger partial charge in [-0.15, -0.1) is 24.8 Å². The molecular weight excluding hydrogens is 366 g/mol. The maximum absolute atomic E-state index is 13.7. The number of rotatable bonds is 3. The summed E-state index contributed by atoms with van der Waals surface area (Å²) >= 11 is 3.43. The largest absolute Gasteiger partial charge is 0.314 e. The lowest BCUT2D eigenvalue weighted by atomic mass is 9.99. The first-order valence-electron chi connectivity index (χ1n) is 6.66. The summed E-state index contributed by atoms with van der Waals surface area (Å²) in [6, 6.07) is 5.80. The molecule has 0 unspecified atom stereocenters. The summed E-state index contributed by atoms with van der Waals surface area (Å²) in [7, 11) is 0. The van der Waals surface area contributed by atoms with Crippen molar-refractivity contribution in [2.24, 2.45) is 5.92 Å². The molecule has 1 N–H and O–H groups in total. The second kappa shape index (κ2) is 7.95. The summed E-state index contributed by atoms with van der Waals surface area (Å²) in [4.78, 5) is 2.51. The van der Waals surface area contributed by atoms with Crippen LogP contribution in [0.2, 0.25) is 0 Å². The Bertz CT molecular complexity index is 437. The molecule has 114 valence electrons. The lowest BCUT2D eigenvalue weighted by Crippen LogP contribution is -2.45. The van der Waals surface area contributed by atoms with Crippen LogP contribution in [0.4, 0.5) is 4.39 Å². The average molecular weight is 386 g/mol. The third-order valence-corrected chi connectivity index (χ3v) is 4.75. The van der Waals surface area contributed by atoms with Crippen molar-refractivity contribution in [3.63, 3.8) is 0 Å². The smallest absolute Gasteiger partial charge is 0.137 e. The summed E-state index contributed by atoms with van der Waals surface area (Å²) in [6.45, 7) is 4.19. The minimum Gasteiger partial charge on any atom is -0.314 e. The van der Waals surface area contributed by atoms with E-state index in [2.05, 4.69) is 32.2 Å². The molecule has 0 aromatic heterocycles. The van der Waals surface area contributed by atoms with Crippen LogP contribution in [0.25, 0.3) is 0 Å². The van der Waals surface area contributed by atoms with Crippen molar-refractivity contribution >= 4 is 40.7 Å². The Labute approximate surface area is 140 Å². The van der Waals surface area contributed by atoms with E-state index in [1.54, 1.807) is 0 Å². The van der Waals surface area contributed by atoms with E-state index in [-0.39, 0.29) is 30.6 Å². The molecular formula is C14H20BrCl2FN2. The predicted molar refractivity (Wildman–Crippen MR) is 88.5 cm³/mol. The number of nitrogens with one attached hydrogen (secondary N) is 1. The van der Waals surface area contributed by atoms with Gasteiger partial charge in [0, 0.05) is 32.2 Å². The Morgan fingerprint density at radius 1 is 1.20 bits per heavy atom. The van der Waals surface area contributed by atoms with Crippen LogP contribution in [0, 0.1) is 11.7 Å². The molecule has 1 heterocycles. The topological polar surface area (TPSA) is 15.3 Å². The van der Waals surface area contributed by atoms with Crippen LogP contribution in [0.1, 0.15) is 24.4 Å². The quantitative estimate of drug-likeness (QED) is 0.851. The van der Waals surface area contributed by atoms with Crippen molar-refractivity contribution in [1.29, 1.82) is 0 Å². The minimum absolute atomic E-state index is 0. The second-order valence-corrected chi connectivity index (χ2v) is 6.00. The first-order chi connectivity index (χ1) is 8.77. The van der Waals surface area contributed by atoms with Gasteiger partial charge in [0.25, 0.3) is 0 Å². The molecule has 2 aliphatic rings. The zero-order valence-electron chi connectivity index (χ0n) is 11.1. The zero-order chi connectivity index (χ0) is 12.5. The number of halogens is 4. The van der Waals surface area contributed by atoms with E-state index in [9.17, 15) is 4.39 Å². The molecule has 1 aliphatic carbocycles. The summed E-state index contributed by atoms with van der Waals surface area (Å²) in [6.07, 6.45) is 2.55. The Balaban J connectivity index is 0.000001000. The molecule has 20 heavy (non-hydrogen) atoms. The van der Waals surface area contributed by atoms with E-state index in [0.717, 1.165) is 31.7 Å². The van der Waals surface area contributed by atoms with Crippen molar-refractivity contribution in [2.45, 2.75) is 18.9 Å². The van der Waals surface area contributed by atoms with E-state index in [1.807, 2.05) is 6.07 Å². The van der Waals surface area contributed by atoms with Gasteiger partial charge in [0.1, 0.15) is 5.82 Å². The Hall–Kier alpha value is 0.130. The third-order valence-electron chi connectivity index (χ3n) is 3.91. The summed E-state index contributed by atoms with van der Waals surface area (Å²) in [5.74, 6) is 0.564. The highest BCUT2D eigenvalue weighted by atomic mass is 79.9. The molecule has 6 heteroatoms. The van der Waals surface area contributed by atoms with Crippen LogP contribution >= 0.6 is 40.7 Å². The zero-order valence-corrected chi connectivity index (χ0v) is 14.4. The van der Waals surface area contributed by atoms with Gasteiger partial charge in [0.05, 0.1) is 4.47 Å². The van der Waals surface area contributed by atoms with Crippen molar-refractivity contribution in [3.05, 3.63) is 34.1 Å². The van der Waals surface area contributed by atoms with Crippen molar-refractivity contribution in [1.82, 2.24) is 10.2 Å². The average Bonchev–Trinajstić information content (AvgIpc) is 3.21. The number of benzene rings is 1. The molecule has 2 nitrogen and oxygen atoms in total. The molecule has 1 aliphatic heterocycles. The molecule has 1 atom stereocenters. The Morgan fingerprint density at radius 3 is 2.45 bits per heavy atom. The van der Waals surface area contributed by atoms with Crippen LogP contribution in [0.3, 0.4) is 0 Å². The maximum atomic E-state index is 13.7. The highest BCUT2D eigenvalue weighted by Gasteiger charge is 2.37. The van der Waals surface area contributed by atoms with E-state index in [1.165, 1.54) is 18.9 Å². The number of hydrogen-bond donors (Lipinski definition) is 1. The SMILES string of the molecule is Cl.Cl.Fc1cccc([C@@H](C2CC2)N2CCNCC2)c1Br. The fraction of sp³-hybridized carbons (Fsp3) is 0.571. The van der Waals surface area contributed by atoms with E-state index in [0.29, 0.717) is 16.4 Å². The van der Waals surface area contributed by atoms with Gasteiger partial charge < -0.3 is 5.32 Å². The normalized spacial score (nSPS) is 20.7. The van der Waals surface area contributed by atoms with Gasteiger partial charge >= 0.3 is 0 Å². The van der Waals surface area contributed by atoms with Crippen LogP contribution in [-0.2, 0) is 0 Å². The van der Waals surface area contributed by atoms with Crippen molar-refractivity contribution in [3.8, 4) is 0 Å². The van der Waals surface area contributed by atoms with Gasteiger partial charge in [-0.25, -0.2) is 4.39 Å². The summed E-state index contributed by atoms with van der Waals surface area (Å²) in [5.41, 5.74) is 1.12. The van der Waals surface area contributed by atoms with Gasteiger partial charge in [-0.2, -0.15) is 0 Å². The van der Waals surface area contributed by atoms with Crippen LogP contribution in [-0.4, -0.2) is 31.1 Å². The van der Waals surface area contributed by atoms with E-state index < -0.39 is 0 Å². The molecule has 1 saturated heterocycles. The molecule has 0 bridgehead atoms. The highest BCUT2D eigenvalue weighted by molar-refractivity contribution is 9.10. The predicted octanol–water partition coefficient (Wildman–Crippen LogP) is 3.79. The first-order valence-corrected chi connectivity index (χ1v) is 7.45. The monoisotopic (exact) mass is 384 g/mol. The fourth-order valence-electron chi connectivity index (χ4n) is 2.87. The standard InChI is InChI=1S/C14H18BrFN2.2ClH/c15-13-11(2-1-3-12(13)16)14(10-4-5-10)18-8-6-17-7-9-18;;/h1-3,10,14,17H,4-9H2;2*1H/t14-;;/m1../s1. The van der Waals surface area contributed by atoms with E-state index in [4.69, 9.17) is 0 Å². The summed E-state index contributed by atoms with van der Waals surface area (Å²) in [5, 5.41) is 3.38. The fourth-order valence-corrected chi connectivity index (χ4v) is 3.37. The van der Waals surface area contributed by atoms with Gasteiger partial charge in [0.2, 0.25) is 0 Å². The van der Waals surface area contributed by atoms with Crippen molar-refractivity contribution in [2.75, 3.05) is 26.2 Å². The van der Waals surface area contributed by atoms with Crippen molar-refractivity contribution < 1.29 is 4.39 Å². The molecule has 1 aromatic rings. The first kappa shape index (κ1) is 18.2. The molecule has 1 saturated carbocycles. The molecule has 0 amide bonds. The van der Waals surface area contributed by atoms with Crippen LogP contribution < -0.4 is 5.32 Å². The number of piperazine rings is 1. The van der Waals surface area contributed by atoms with E-state index >= 15 is 0 Å². The van der Waals surface area contributed by atoms with Gasteiger partial charge in [-0.3, -0.25) is 4.90 Å². The molecule has 1 aromatic carbocycles. The molecule has 3 rings (SSSR count). The summed E-state index contributed by atoms with van der Waals surface area (Å²) < 4.78 is 14.4. The van der Waals surface area contributed by atoms with Crippen LogP contribution in [0.15, 0.2) is 22.7 Å². The van der Waals surface area contributed by atoms with Crippen LogP contribution in [0.5, 0.6) is 0 Å². The number of nitrogens with zero attached hydrogens (tertiary/aromatic N) is 1. The van der Waals surface area contributed by atoms with Gasteiger partial charge in [-0.1, -0.05) is 12.1 Å². The minimum atomic E-state index is -0.145. The lowest BCUT2D eigenvalue weighted by molar-refractivity contribution is 0.155. The maximum Gasteiger partial charge on any atom is 0.137 e. The Kier molecular flexibility index (Phi) is 7.22. The molecule has 0 radical (unpaired) electrons. The van der Waals surface area contributed by atoms with Gasteiger partial charge in [0.15, 0.2) is 0 Å². The number of hydrogen-bond acceptors (Lipinski definition) is 2. The lowest BCUT2D eigenvalue weighted by Gasteiger charge is -2.36. The third kappa shape index (κ3) is 3.86. The molecule has 2 fully saturated rings. The van der Waals surface area contributed by atoms with Gasteiger partial charge in [-0.05, 0) is 46.3 Å². The second-order valence-electron chi connectivity index (χ2n) is 5.21. The molecule has 0 spiro atoms.